The smallest absolute Gasteiger partial charge is 0.342 e. The van der Waals surface area contributed by atoms with E-state index in [9.17, 15) is 14.4 Å². The Bertz CT molecular complexity index is 965. The van der Waals surface area contributed by atoms with Gasteiger partial charge in [-0.05, 0) is 38.1 Å². The van der Waals surface area contributed by atoms with Crippen molar-refractivity contribution in [2.45, 2.75) is 20.0 Å². The third-order valence-corrected chi connectivity index (χ3v) is 3.52. The Morgan fingerprint density at radius 2 is 1.96 bits per heavy atom. The predicted molar refractivity (Wildman–Crippen MR) is 85.9 cm³/mol. The zero-order valence-corrected chi connectivity index (χ0v) is 13.0. The van der Waals surface area contributed by atoms with Crippen LogP contribution in [-0.2, 0) is 9.53 Å². The summed E-state index contributed by atoms with van der Waals surface area (Å²) in [7, 11) is 0. The van der Waals surface area contributed by atoms with Crippen molar-refractivity contribution in [1.29, 1.82) is 0 Å². The molecule has 0 saturated heterocycles. The average molecular weight is 329 g/mol. The van der Waals surface area contributed by atoms with Gasteiger partial charge in [0.1, 0.15) is 11.3 Å². The van der Waals surface area contributed by atoms with Gasteiger partial charge < -0.3 is 24.4 Å². The molecule has 0 unspecified atom stereocenters. The second-order valence-electron chi connectivity index (χ2n) is 5.27. The van der Waals surface area contributed by atoms with E-state index in [0.717, 1.165) is 0 Å². The molecule has 0 spiro atoms. The normalized spacial score (nSPS) is 12.1. The molecule has 1 aromatic carbocycles. The number of aromatic nitrogens is 2. The van der Waals surface area contributed by atoms with Crippen molar-refractivity contribution in [2.24, 2.45) is 0 Å². The van der Waals surface area contributed by atoms with E-state index < -0.39 is 18.0 Å². The van der Waals surface area contributed by atoms with Gasteiger partial charge in [0.05, 0.1) is 17.3 Å². The zero-order chi connectivity index (χ0) is 17.3. The van der Waals surface area contributed by atoms with Crippen LogP contribution in [0.15, 0.2) is 39.7 Å². The molecule has 1 amide bonds. The van der Waals surface area contributed by atoms with Gasteiger partial charge in [-0.15, -0.1) is 0 Å². The van der Waals surface area contributed by atoms with Crippen molar-refractivity contribution < 1.29 is 18.7 Å². The quantitative estimate of drug-likeness (QED) is 0.632. The van der Waals surface area contributed by atoms with Crippen LogP contribution in [0, 0.1) is 6.92 Å². The average Bonchev–Trinajstić information content (AvgIpc) is 3.11. The molecule has 8 nitrogen and oxygen atoms in total. The third-order valence-electron chi connectivity index (χ3n) is 3.52. The summed E-state index contributed by atoms with van der Waals surface area (Å²) in [5, 5.41) is 2.63. The molecule has 3 rings (SSSR count). The number of ether oxygens (including phenoxy) is 1. The van der Waals surface area contributed by atoms with Gasteiger partial charge in [-0.2, -0.15) is 0 Å². The van der Waals surface area contributed by atoms with E-state index in [4.69, 9.17) is 9.15 Å². The number of aryl methyl sites for hydroxylation is 1. The van der Waals surface area contributed by atoms with Crippen molar-refractivity contribution in [3.8, 4) is 0 Å². The SMILES string of the molecule is Cc1occc1C(=O)O[C@@H](C)C(=O)Nc1ccc2[nH]c(=O)[nH]c2c1. The molecule has 0 bridgehead atoms. The molecule has 0 fully saturated rings. The molecule has 0 aliphatic heterocycles. The summed E-state index contributed by atoms with van der Waals surface area (Å²) in [5.41, 5.74) is 1.63. The minimum absolute atomic E-state index is 0.279. The maximum Gasteiger partial charge on any atom is 0.342 e. The number of hydrogen-bond donors (Lipinski definition) is 3. The number of furan rings is 1. The van der Waals surface area contributed by atoms with Crippen molar-refractivity contribution >= 4 is 28.6 Å². The largest absolute Gasteiger partial charge is 0.469 e. The number of carbonyl (C=O) groups is 2. The summed E-state index contributed by atoms with van der Waals surface area (Å²) in [5.74, 6) is -0.689. The fourth-order valence-electron chi connectivity index (χ4n) is 2.23. The van der Waals surface area contributed by atoms with E-state index >= 15 is 0 Å². The molecule has 1 atom stereocenters. The first-order chi connectivity index (χ1) is 11.4. The van der Waals surface area contributed by atoms with Crippen LogP contribution in [0.3, 0.4) is 0 Å². The van der Waals surface area contributed by atoms with Gasteiger partial charge in [-0.1, -0.05) is 0 Å². The molecule has 24 heavy (non-hydrogen) atoms. The second kappa shape index (κ2) is 6.07. The first kappa shape index (κ1) is 15.6. The molecular formula is C16H15N3O5. The number of esters is 1. The number of aromatic amines is 2. The van der Waals surface area contributed by atoms with Gasteiger partial charge in [-0.3, -0.25) is 4.79 Å². The van der Waals surface area contributed by atoms with Crippen LogP contribution in [0.5, 0.6) is 0 Å². The lowest BCUT2D eigenvalue weighted by atomic mass is 10.2. The number of H-pyrrole nitrogens is 2. The molecule has 2 aromatic heterocycles. The lowest BCUT2D eigenvalue weighted by molar-refractivity contribution is -0.123. The fraction of sp³-hybridized carbons (Fsp3) is 0.188. The first-order valence-corrected chi connectivity index (χ1v) is 7.22. The first-order valence-electron chi connectivity index (χ1n) is 7.22. The third kappa shape index (κ3) is 3.07. The van der Waals surface area contributed by atoms with E-state index in [1.54, 1.807) is 25.1 Å². The van der Waals surface area contributed by atoms with Crippen LogP contribution in [0.1, 0.15) is 23.0 Å². The van der Waals surface area contributed by atoms with E-state index in [2.05, 4.69) is 15.3 Å². The highest BCUT2D eigenvalue weighted by molar-refractivity contribution is 5.98. The van der Waals surface area contributed by atoms with Crippen LogP contribution in [0.25, 0.3) is 11.0 Å². The predicted octanol–water partition coefficient (Wildman–Crippen LogP) is 1.94. The van der Waals surface area contributed by atoms with Gasteiger partial charge in [-0.25, -0.2) is 9.59 Å². The number of imidazole rings is 1. The van der Waals surface area contributed by atoms with E-state index in [-0.39, 0.29) is 11.3 Å². The van der Waals surface area contributed by atoms with Crippen LogP contribution in [0.2, 0.25) is 0 Å². The van der Waals surface area contributed by atoms with Crippen molar-refractivity contribution in [3.63, 3.8) is 0 Å². The number of amides is 1. The van der Waals surface area contributed by atoms with Gasteiger partial charge >= 0.3 is 11.7 Å². The molecule has 0 radical (unpaired) electrons. The summed E-state index contributed by atoms with van der Waals surface area (Å²) in [6, 6.07) is 6.39. The van der Waals surface area contributed by atoms with Crippen LogP contribution >= 0.6 is 0 Å². The molecule has 0 saturated carbocycles. The minimum atomic E-state index is -0.993. The topological polar surface area (TPSA) is 117 Å². The maximum atomic E-state index is 12.2. The minimum Gasteiger partial charge on any atom is -0.469 e. The molecule has 3 N–H and O–H groups in total. The standard InChI is InChI=1S/C16H15N3O5/c1-8-11(5-6-23-8)15(21)24-9(2)14(20)17-10-3-4-12-13(7-10)19-16(22)18-12/h3-7,9H,1-2H3,(H,17,20)(H2,18,19,22)/t9-/m0/s1. The highest BCUT2D eigenvalue weighted by Gasteiger charge is 2.21. The number of fused-ring (bicyclic) bond motifs is 1. The Hall–Kier alpha value is -3.29. The van der Waals surface area contributed by atoms with Gasteiger partial charge in [0.15, 0.2) is 6.10 Å². The van der Waals surface area contributed by atoms with Crippen LogP contribution in [-0.4, -0.2) is 27.9 Å². The summed E-state index contributed by atoms with van der Waals surface area (Å²) in [6.07, 6.45) is 0.386. The van der Waals surface area contributed by atoms with Gasteiger partial charge in [0.25, 0.3) is 5.91 Å². The molecule has 0 aliphatic carbocycles. The number of carbonyl (C=O) groups excluding carboxylic acids is 2. The molecule has 0 aliphatic rings. The number of hydrogen-bond acceptors (Lipinski definition) is 5. The monoisotopic (exact) mass is 329 g/mol. The highest BCUT2D eigenvalue weighted by Crippen LogP contribution is 2.16. The van der Waals surface area contributed by atoms with Gasteiger partial charge in [0, 0.05) is 5.69 Å². The second-order valence-corrected chi connectivity index (χ2v) is 5.27. The van der Waals surface area contributed by atoms with E-state index in [0.29, 0.717) is 22.5 Å². The Morgan fingerprint density at radius 3 is 2.67 bits per heavy atom. The molecule has 2 heterocycles. The lowest BCUT2D eigenvalue weighted by Crippen LogP contribution is -2.30. The Balaban J connectivity index is 1.67. The van der Waals surface area contributed by atoms with Crippen LogP contribution in [0.4, 0.5) is 5.69 Å². The number of nitrogens with one attached hydrogen (secondary N) is 3. The summed E-state index contributed by atoms with van der Waals surface area (Å²) in [6.45, 7) is 3.10. The number of anilines is 1. The lowest BCUT2D eigenvalue weighted by Gasteiger charge is -2.13. The number of benzene rings is 1. The zero-order valence-electron chi connectivity index (χ0n) is 13.0. The molecule has 3 aromatic rings. The van der Waals surface area contributed by atoms with Crippen molar-refractivity contribution in [3.05, 3.63) is 52.3 Å². The van der Waals surface area contributed by atoms with Crippen LogP contribution < -0.4 is 11.0 Å². The molecular weight excluding hydrogens is 314 g/mol. The van der Waals surface area contributed by atoms with Crippen molar-refractivity contribution in [2.75, 3.05) is 5.32 Å². The van der Waals surface area contributed by atoms with E-state index in [1.807, 2.05) is 0 Å². The fourth-order valence-corrected chi connectivity index (χ4v) is 2.23. The summed E-state index contributed by atoms with van der Waals surface area (Å²) < 4.78 is 10.2. The van der Waals surface area contributed by atoms with Crippen molar-refractivity contribution in [1.82, 2.24) is 9.97 Å². The Kier molecular flexibility index (Phi) is 3.95. The molecule has 8 heteroatoms. The summed E-state index contributed by atoms with van der Waals surface area (Å²) in [4.78, 5) is 40.6. The molecule has 124 valence electrons. The van der Waals surface area contributed by atoms with E-state index in [1.165, 1.54) is 19.3 Å². The highest BCUT2D eigenvalue weighted by atomic mass is 16.5. The maximum absolute atomic E-state index is 12.2. The Labute approximate surface area is 135 Å². The van der Waals surface area contributed by atoms with Gasteiger partial charge in [0.2, 0.25) is 0 Å². The number of rotatable bonds is 4. The Morgan fingerprint density at radius 1 is 1.21 bits per heavy atom. The summed E-state index contributed by atoms with van der Waals surface area (Å²) >= 11 is 0.